The van der Waals surface area contributed by atoms with Crippen molar-refractivity contribution in [1.29, 1.82) is 0 Å². The summed E-state index contributed by atoms with van der Waals surface area (Å²) in [5, 5.41) is 2.52. The third-order valence-electron chi connectivity index (χ3n) is 4.28. The lowest BCUT2D eigenvalue weighted by Crippen LogP contribution is -2.32. The van der Waals surface area contributed by atoms with Gasteiger partial charge in [0.05, 0.1) is 18.0 Å². The number of amidine groups is 1. The molecule has 0 N–H and O–H groups in total. The van der Waals surface area contributed by atoms with Gasteiger partial charge in [0.1, 0.15) is 0 Å². The minimum atomic E-state index is -3.60. The monoisotopic (exact) mass is 382 g/mol. The van der Waals surface area contributed by atoms with Gasteiger partial charge in [-0.05, 0) is 28.5 Å². The van der Waals surface area contributed by atoms with Crippen LogP contribution in [0.1, 0.15) is 5.56 Å². The van der Waals surface area contributed by atoms with Crippen LogP contribution in [0.25, 0.3) is 10.8 Å². The lowest BCUT2D eigenvalue weighted by Gasteiger charge is -2.20. The van der Waals surface area contributed by atoms with Crippen molar-refractivity contribution >= 4 is 37.7 Å². The van der Waals surface area contributed by atoms with Gasteiger partial charge in [-0.3, -0.25) is 4.99 Å². The van der Waals surface area contributed by atoms with Crippen LogP contribution in [-0.4, -0.2) is 31.0 Å². The van der Waals surface area contributed by atoms with Crippen molar-refractivity contribution in [2.24, 2.45) is 4.99 Å². The van der Waals surface area contributed by atoms with Crippen LogP contribution >= 0.6 is 11.8 Å². The maximum Gasteiger partial charge on any atom is 0.265 e. The molecule has 132 valence electrons. The fraction of sp³-hybridized carbons (Fsp3) is 0.150. The minimum absolute atomic E-state index is 0.311. The number of thioether (sulfide) groups is 1. The zero-order valence-electron chi connectivity index (χ0n) is 14.1. The maximum atomic E-state index is 13.1. The van der Waals surface area contributed by atoms with Crippen LogP contribution in [0, 0.1) is 0 Å². The molecule has 0 unspecified atom stereocenters. The predicted octanol–water partition coefficient (Wildman–Crippen LogP) is 4.13. The van der Waals surface area contributed by atoms with E-state index >= 15 is 0 Å². The molecule has 0 radical (unpaired) electrons. The minimum Gasteiger partial charge on any atom is -0.260 e. The average molecular weight is 383 g/mol. The molecule has 1 aliphatic rings. The number of nitrogens with zero attached hydrogens (tertiary/aromatic N) is 2. The maximum absolute atomic E-state index is 13.1. The molecule has 1 heterocycles. The highest BCUT2D eigenvalue weighted by molar-refractivity contribution is 8.14. The Bertz CT molecular complexity index is 1060. The number of hydrogen-bond donors (Lipinski definition) is 0. The summed E-state index contributed by atoms with van der Waals surface area (Å²) in [5.41, 5.74) is 1.15. The Morgan fingerprint density at radius 1 is 0.923 bits per heavy atom. The summed E-state index contributed by atoms with van der Waals surface area (Å²) in [5.74, 6) is 0.698. The summed E-state index contributed by atoms with van der Waals surface area (Å²) in [7, 11) is -3.60. The zero-order chi connectivity index (χ0) is 18.0. The second-order valence-electron chi connectivity index (χ2n) is 6.02. The van der Waals surface area contributed by atoms with E-state index < -0.39 is 10.0 Å². The van der Waals surface area contributed by atoms with Crippen molar-refractivity contribution < 1.29 is 8.42 Å². The first-order valence-electron chi connectivity index (χ1n) is 8.37. The molecule has 0 bridgehead atoms. The van der Waals surface area contributed by atoms with E-state index in [1.807, 2.05) is 60.7 Å². The molecule has 0 atom stereocenters. The van der Waals surface area contributed by atoms with Crippen molar-refractivity contribution in [2.45, 2.75) is 10.6 Å². The molecule has 4 rings (SSSR count). The largest absolute Gasteiger partial charge is 0.265 e. The van der Waals surface area contributed by atoms with Crippen molar-refractivity contribution in [3.05, 3.63) is 78.4 Å². The fourth-order valence-corrected chi connectivity index (χ4v) is 5.64. The lowest BCUT2D eigenvalue weighted by atomic mass is 10.1. The molecule has 4 nitrogen and oxygen atoms in total. The molecule has 3 aromatic carbocycles. The van der Waals surface area contributed by atoms with Crippen LogP contribution in [0.5, 0.6) is 0 Å². The van der Waals surface area contributed by atoms with Crippen molar-refractivity contribution in [3.8, 4) is 0 Å². The van der Waals surface area contributed by atoms with E-state index in [0.717, 1.165) is 16.3 Å². The molecule has 0 amide bonds. The van der Waals surface area contributed by atoms with Gasteiger partial charge in [0, 0.05) is 5.75 Å². The van der Waals surface area contributed by atoms with Gasteiger partial charge in [0.25, 0.3) is 10.0 Å². The highest BCUT2D eigenvalue weighted by Gasteiger charge is 2.31. The Morgan fingerprint density at radius 2 is 1.65 bits per heavy atom. The Labute approximate surface area is 157 Å². The summed E-state index contributed by atoms with van der Waals surface area (Å²) < 4.78 is 27.7. The molecular weight excluding hydrogens is 364 g/mol. The van der Waals surface area contributed by atoms with Gasteiger partial charge >= 0.3 is 0 Å². The topological polar surface area (TPSA) is 49.7 Å². The van der Waals surface area contributed by atoms with E-state index in [0.29, 0.717) is 28.9 Å². The van der Waals surface area contributed by atoms with E-state index in [1.54, 1.807) is 12.1 Å². The Kier molecular flexibility index (Phi) is 4.70. The van der Waals surface area contributed by atoms with Gasteiger partial charge in [0.2, 0.25) is 0 Å². The molecule has 0 spiro atoms. The van der Waals surface area contributed by atoms with Gasteiger partial charge in [-0.2, -0.15) is 0 Å². The molecule has 6 heteroatoms. The molecular formula is C20H18N2O2S2. The summed E-state index contributed by atoms with van der Waals surface area (Å²) in [6.07, 6.45) is 0. The third-order valence-corrected chi connectivity index (χ3v) is 7.27. The smallest absolute Gasteiger partial charge is 0.260 e. The summed E-state index contributed by atoms with van der Waals surface area (Å²) in [4.78, 5) is 4.72. The molecule has 0 fully saturated rings. The first-order chi connectivity index (χ1) is 12.6. The number of hydrogen-bond acceptors (Lipinski definition) is 4. The zero-order valence-corrected chi connectivity index (χ0v) is 15.7. The predicted molar refractivity (Wildman–Crippen MR) is 108 cm³/mol. The van der Waals surface area contributed by atoms with E-state index in [4.69, 9.17) is 0 Å². The number of rotatable bonds is 4. The second kappa shape index (κ2) is 7.13. The van der Waals surface area contributed by atoms with Crippen LogP contribution in [0.3, 0.4) is 0 Å². The normalized spacial score (nSPS) is 14.6. The van der Waals surface area contributed by atoms with E-state index in [-0.39, 0.29) is 0 Å². The molecule has 1 aliphatic heterocycles. The van der Waals surface area contributed by atoms with Crippen molar-refractivity contribution in [3.63, 3.8) is 0 Å². The van der Waals surface area contributed by atoms with Gasteiger partial charge in [-0.1, -0.05) is 72.4 Å². The molecule has 0 aliphatic carbocycles. The molecule has 26 heavy (non-hydrogen) atoms. The van der Waals surface area contributed by atoms with Gasteiger partial charge in [-0.25, -0.2) is 12.7 Å². The van der Waals surface area contributed by atoms with Crippen LogP contribution < -0.4 is 0 Å². The second-order valence-corrected chi connectivity index (χ2v) is 8.83. The quantitative estimate of drug-likeness (QED) is 0.682. The number of benzene rings is 3. The van der Waals surface area contributed by atoms with Gasteiger partial charge in [-0.15, -0.1) is 0 Å². The summed E-state index contributed by atoms with van der Waals surface area (Å²) >= 11 is 1.47. The van der Waals surface area contributed by atoms with E-state index in [9.17, 15) is 8.42 Å². The number of fused-ring (bicyclic) bond motifs is 1. The first-order valence-corrected chi connectivity index (χ1v) is 10.8. The third kappa shape index (κ3) is 3.34. The Balaban J connectivity index is 1.58. The molecule has 0 saturated heterocycles. The van der Waals surface area contributed by atoms with Gasteiger partial charge < -0.3 is 0 Å². The van der Waals surface area contributed by atoms with Crippen LogP contribution in [-0.2, 0) is 15.8 Å². The highest BCUT2D eigenvalue weighted by Crippen LogP contribution is 2.27. The molecule has 0 saturated carbocycles. The van der Waals surface area contributed by atoms with Gasteiger partial charge in [0.15, 0.2) is 5.17 Å². The Morgan fingerprint density at radius 3 is 2.46 bits per heavy atom. The number of sulfonamides is 1. The summed E-state index contributed by atoms with van der Waals surface area (Å²) in [6.45, 7) is 0.899. The fourth-order valence-electron chi connectivity index (χ4n) is 2.93. The highest BCUT2D eigenvalue weighted by atomic mass is 32.2. The first kappa shape index (κ1) is 17.1. The van der Waals surface area contributed by atoms with Crippen LogP contribution in [0.4, 0.5) is 0 Å². The number of aliphatic imine (C=N–C) groups is 1. The molecule has 0 aromatic heterocycles. The SMILES string of the molecule is O=S(=O)(c1ccc2ccccc2c1)N1CCN=C1SCc1ccccc1. The van der Waals surface area contributed by atoms with Crippen LogP contribution in [0.15, 0.2) is 82.7 Å². The van der Waals surface area contributed by atoms with Crippen molar-refractivity contribution in [2.75, 3.05) is 13.1 Å². The lowest BCUT2D eigenvalue weighted by molar-refractivity contribution is 0.540. The van der Waals surface area contributed by atoms with Crippen LogP contribution in [0.2, 0.25) is 0 Å². The summed E-state index contributed by atoms with van der Waals surface area (Å²) in [6, 6.07) is 23.0. The average Bonchev–Trinajstić information content (AvgIpc) is 3.16. The molecule has 3 aromatic rings. The Hall–Kier alpha value is -2.31. The standard InChI is InChI=1S/C20H18N2O2S2/c23-26(24,19-11-10-17-8-4-5-9-18(17)14-19)22-13-12-21-20(22)25-15-16-6-2-1-3-7-16/h1-11,14H,12-13,15H2. The van der Waals surface area contributed by atoms with Crippen molar-refractivity contribution in [1.82, 2.24) is 4.31 Å². The van der Waals surface area contributed by atoms with E-state index in [2.05, 4.69) is 4.99 Å². The van der Waals surface area contributed by atoms with E-state index in [1.165, 1.54) is 16.1 Å².